The Morgan fingerprint density at radius 1 is 1.30 bits per heavy atom. The Balaban J connectivity index is 1.63. The molecule has 1 atom stereocenters. The standard InChI is InChI=1S/C18H33N3O2/c1-16(21-12-10-20(11-13-21)14-15-23-2)18(22)19-9-8-17-6-4-3-5-7-17/h6,16H,3-5,7-15H2,1-2H3,(H,19,22)/t16-/m1/s1. The maximum absolute atomic E-state index is 12.3. The predicted octanol–water partition coefficient (Wildman–Crippen LogP) is 1.65. The molecule has 0 aromatic carbocycles. The normalized spacial score (nSPS) is 21.7. The Kier molecular flexibility index (Phi) is 8.06. The van der Waals surface area contributed by atoms with E-state index in [2.05, 4.69) is 21.2 Å². The van der Waals surface area contributed by atoms with Crippen LogP contribution in [0.3, 0.4) is 0 Å². The number of carbonyl (C=O) groups is 1. The molecule has 1 aliphatic carbocycles. The second kappa shape index (κ2) is 10.1. The van der Waals surface area contributed by atoms with E-state index in [0.29, 0.717) is 0 Å². The van der Waals surface area contributed by atoms with E-state index in [1.54, 1.807) is 7.11 Å². The van der Waals surface area contributed by atoms with Gasteiger partial charge in [0.1, 0.15) is 0 Å². The maximum atomic E-state index is 12.3. The molecule has 0 saturated carbocycles. The van der Waals surface area contributed by atoms with Gasteiger partial charge in [0.2, 0.25) is 5.91 Å². The van der Waals surface area contributed by atoms with E-state index in [1.165, 1.54) is 31.3 Å². The van der Waals surface area contributed by atoms with Gasteiger partial charge in [-0.25, -0.2) is 0 Å². The maximum Gasteiger partial charge on any atom is 0.237 e. The molecule has 5 heteroatoms. The van der Waals surface area contributed by atoms with Gasteiger partial charge in [-0.3, -0.25) is 14.6 Å². The monoisotopic (exact) mass is 323 g/mol. The molecule has 5 nitrogen and oxygen atoms in total. The minimum atomic E-state index is -0.0279. The Hall–Kier alpha value is -0.910. The highest BCUT2D eigenvalue weighted by molar-refractivity contribution is 5.81. The summed E-state index contributed by atoms with van der Waals surface area (Å²) in [6, 6.07) is -0.0279. The van der Waals surface area contributed by atoms with E-state index in [0.717, 1.165) is 52.3 Å². The number of hydrogen-bond acceptors (Lipinski definition) is 4. The third-order valence-electron chi connectivity index (χ3n) is 5.08. The molecular formula is C18H33N3O2. The Labute approximate surface area is 141 Å². The van der Waals surface area contributed by atoms with Crippen LogP contribution in [-0.2, 0) is 9.53 Å². The largest absolute Gasteiger partial charge is 0.383 e. The number of carbonyl (C=O) groups excluding carboxylic acids is 1. The fourth-order valence-corrected chi connectivity index (χ4v) is 3.39. The van der Waals surface area contributed by atoms with Gasteiger partial charge >= 0.3 is 0 Å². The molecule has 1 heterocycles. The first-order valence-electron chi connectivity index (χ1n) is 9.11. The summed E-state index contributed by atoms with van der Waals surface area (Å²) in [6.45, 7) is 8.55. The number of methoxy groups -OCH3 is 1. The summed E-state index contributed by atoms with van der Waals surface area (Å²) in [4.78, 5) is 17.0. The van der Waals surface area contributed by atoms with Crippen molar-refractivity contribution in [1.82, 2.24) is 15.1 Å². The molecule has 0 unspecified atom stereocenters. The van der Waals surface area contributed by atoms with Gasteiger partial charge in [-0.15, -0.1) is 0 Å². The summed E-state index contributed by atoms with van der Waals surface area (Å²) < 4.78 is 5.13. The van der Waals surface area contributed by atoms with E-state index >= 15 is 0 Å². The number of amides is 1. The van der Waals surface area contributed by atoms with Crippen molar-refractivity contribution in [2.24, 2.45) is 0 Å². The first-order chi connectivity index (χ1) is 11.2. The summed E-state index contributed by atoms with van der Waals surface area (Å²) in [6.07, 6.45) is 8.44. The van der Waals surface area contributed by atoms with Crippen LogP contribution in [0.25, 0.3) is 0 Å². The summed E-state index contributed by atoms with van der Waals surface area (Å²) >= 11 is 0. The zero-order valence-corrected chi connectivity index (χ0v) is 14.9. The zero-order valence-electron chi connectivity index (χ0n) is 14.9. The average Bonchev–Trinajstić information content (AvgIpc) is 2.60. The number of hydrogen-bond donors (Lipinski definition) is 1. The average molecular weight is 323 g/mol. The Bertz CT molecular complexity index is 390. The lowest BCUT2D eigenvalue weighted by Crippen LogP contribution is -2.54. The number of ether oxygens (including phenoxy) is 1. The Morgan fingerprint density at radius 3 is 2.74 bits per heavy atom. The van der Waals surface area contributed by atoms with Crippen LogP contribution in [-0.4, -0.2) is 74.7 Å². The lowest BCUT2D eigenvalue weighted by Gasteiger charge is -2.37. The van der Waals surface area contributed by atoms with Crippen LogP contribution in [0.15, 0.2) is 11.6 Å². The highest BCUT2D eigenvalue weighted by Gasteiger charge is 2.25. The minimum Gasteiger partial charge on any atom is -0.383 e. The molecule has 23 heavy (non-hydrogen) atoms. The molecule has 0 aromatic heterocycles. The van der Waals surface area contributed by atoms with Crippen molar-refractivity contribution in [3.8, 4) is 0 Å². The molecule has 1 saturated heterocycles. The van der Waals surface area contributed by atoms with Crippen LogP contribution in [0.1, 0.15) is 39.0 Å². The molecule has 2 rings (SSSR count). The first-order valence-corrected chi connectivity index (χ1v) is 9.11. The molecule has 1 amide bonds. The molecule has 0 bridgehead atoms. The van der Waals surface area contributed by atoms with Crippen molar-refractivity contribution < 1.29 is 9.53 Å². The van der Waals surface area contributed by atoms with Crippen LogP contribution < -0.4 is 5.32 Å². The number of nitrogens with zero attached hydrogens (tertiary/aromatic N) is 2. The summed E-state index contributed by atoms with van der Waals surface area (Å²) in [5.41, 5.74) is 1.52. The number of rotatable bonds is 8. The number of allylic oxidation sites excluding steroid dienone is 1. The fourth-order valence-electron chi connectivity index (χ4n) is 3.39. The van der Waals surface area contributed by atoms with Gasteiger partial charge < -0.3 is 10.1 Å². The van der Waals surface area contributed by atoms with Gasteiger partial charge in [0.25, 0.3) is 0 Å². The molecule has 1 aliphatic heterocycles. The van der Waals surface area contributed by atoms with E-state index in [1.807, 2.05) is 6.92 Å². The highest BCUT2D eigenvalue weighted by atomic mass is 16.5. The second-order valence-electron chi connectivity index (χ2n) is 6.70. The van der Waals surface area contributed by atoms with Crippen LogP contribution in [0, 0.1) is 0 Å². The molecular weight excluding hydrogens is 290 g/mol. The lowest BCUT2D eigenvalue weighted by molar-refractivity contribution is -0.126. The van der Waals surface area contributed by atoms with Crippen LogP contribution in [0.5, 0.6) is 0 Å². The highest BCUT2D eigenvalue weighted by Crippen LogP contribution is 2.19. The van der Waals surface area contributed by atoms with Gasteiger partial charge in [-0.1, -0.05) is 11.6 Å². The summed E-state index contributed by atoms with van der Waals surface area (Å²) in [5.74, 6) is 0.173. The predicted molar refractivity (Wildman–Crippen MR) is 93.5 cm³/mol. The van der Waals surface area contributed by atoms with E-state index in [9.17, 15) is 4.79 Å². The molecule has 1 N–H and O–H groups in total. The van der Waals surface area contributed by atoms with Crippen molar-refractivity contribution >= 4 is 5.91 Å². The van der Waals surface area contributed by atoms with Crippen molar-refractivity contribution in [1.29, 1.82) is 0 Å². The lowest BCUT2D eigenvalue weighted by atomic mass is 9.97. The van der Waals surface area contributed by atoms with Crippen molar-refractivity contribution in [3.63, 3.8) is 0 Å². The van der Waals surface area contributed by atoms with Gasteiger partial charge in [-0.2, -0.15) is 0 Å². The van der Waals surface area contributed by atoms with Gasteiger partial charge in [0, 0.05) is 46.4 Å². The minimum absolute atomic E-state index is 0.0279. The van der Waals surface area contributed by atoms with Crippen molar-refractivity contribution in [3.05, 3.63) is 11.6 Å². The van der Waals surface area contributed by atoms with Gasteiger partial charge in [-0.05, 0) is 39.0 Å². The topological polar surface area (TPSA) is 44.8 Å². The molecule has 1 fully saturated rings. The van der Waals surface area contributed by atoms with Gasteiger partial charge in [0.05, 0.1) is 12.6 Å². The van der Waals surface area contributed by atoms with Gasteiger partial charge in [0.15, 0.2) is 0 Å². The van der Waals surface area contributed by atoms with Crippen LogP contribution >= 0.6 is 0 Å². The molecule has 2 aliphatic rings. The molecule has 0 spiro atoms. The SMILES string of the molecule is COCCN1CCN([C@H](C)C(=O)NCCC2=CCCCC2)CC1. The zero-order chi connectivity index (χ0) is 16.5. The second-order valence-corrected chi connectivity index (χ2v) is 6.70. The van der Waals surface area contributed by atoms with E-state index in [-0.39, 0.29) is 11.9 Å². The Morgan fingerprint density at radius 2 is 2.09 bits per heavy atom. The summed E-state index contributed by atoms with van der Waals surface area (Å²) in [5, 5.41) is 3.12. The third-order valence-corrected chi connectivity index (χ3v) is 5.08. The van der Waals surface area contributed by atoms with Crippen LogP contribution in [0.2, 0.25) is 0 Å². The van der Waals surface area contributed by atoms with Crippen molar-refractivity contribution in [2.75, 3.05) is 53.0 Å². The quantitative estimate of drug-likeness (QED) is 0.690. The first kappa shape index (κ1) is 18.4. The van der Waals surface area contributed by atoms with Crippen LogP contribution in [0.4, 0.5) is 0 Å². The smallest absolute Gasteiger partial charge is 0.237 e. The number of nitrogens with one attached hydrogen (secondary N) is 1. The van der Waals surface area contributed by atoms with E-state index < -0.39 is 0 Å². The third kappa shape index (κ3) is 6.24. The van der Waals surface area contributed by atoms with Crippen molar-refractivity contribution in [2.45, 2.75) is 45.1 Å². The fraction of sp³-hybridized carbons (Fsp3) is 0.833. The van der Waals surface area contributed by atoms with E-state index in [4.69, 9.17) is 4.74 Å². The molecule has 132 valence electrons. The summed E-state index contributed by atoms with van der Waals surface area (Å²) in [7, 11) is 1.74. The number of piperazine rings is 1. The molecule has 0 aromatic rings. The molecule has 0 radical (unpaired) electrons.